The van der Waals surface area contributed by atoms with Crippen LogP contribution in [0.25, 0.3) is 0 Å². The summed E-state index contributed by atoms with van der Waals surface area (Å²) in [5, 5.41) is 20.7. The van der Waals surface area contributed by atoms with Gasteiger partial charge in [-0.15, -0.1) is 0 Å². The Bertz CT molecular complexity index is 2620. The fourth-order valence-electron chi connectivity index (χ4n) is 10.7. The molecule has 18 heteroatoms. The van der Waals surface area contributed by atoms with E-state index in [0.29, 0.717) is 19.3 Å². The van der Waals surface area contributed by atoms with E-state index in [9.17, 15) is 43.5 Å². The van der Waals surface area contributed by atoms with Gasteiger partial charge >= 0.3 is 33.6 Å². The van der Waals surface area contributed by atoms with Crippen molar-refractivity contribution in [2.75, 3.05) is 39.6 Å². The van der Waals surface area contributed by atoms with Crippen LogP contribution in [0.4, 0.5) is 0 Å². The number of aliphatic hydroxyl groups is 2. The van der Waals surface area contributed by atoms with E-state index in [-0.39, 0.29) is 19.3 Å². The van der Waals surface area contributed by atoms with Crippen LogP contribution in [0.3, 0.4) is 0 Å². The van der Waals surface area contributed by atoms with Gasteiger partial charge in [-0.1, -0.05) is 313 Å². The summed E-state index contributed by atoms with van der Waals surface area (Å²) in [5.74, 6) is -1.61. The van der Waals surface area contributed by atoms with Gasteiger partial charge in [0, 0.05) is 19.3 Å². The van der Waals surface area contributed by atoms with Gasteiger partial charge in [0.1, 0.15) is 25.4 Å². The van der Waals surface area contributed by atoms with Crippen molar-refractivity contribution in [3.05, 3.63) is 170 Å². The fourth-order valence-corrected chi connectivity index (χ4v) is 12.3. The van der Waals surface area contributed by atoms with Crippen LogP contribution in [0, 0.1) is 0 Å². The average Bonchev–Trinajstić information content (AvgIpc) is 0.903. The number of unbranched alkanes of at least 4 members (excludes halogenated alkanes) is 26. The van der Waals surface area contributed by atoms with Crippen LogP contribution in [-0.2, 0) is 55.8 Å². The van der Waals surface area contributed by atoms with Crippen LogP contribution >= 0.6 is 15.6 Å². The lowest BCUT2D eigenvalue weighted by Gasteiger charge is -2.21. The molecule has 0 aliphatic heterocycles. The second kappa shape index (κ2) is 80.4. The maximum absolute atomic E-state index is 13.0. The summed E-state index contributed by atoms with van der Waals surface area (Å²) in [6.07, 6.45) is 102. The van der Waals surface area contributed by atoms with Crippen molar-refractivity contribution in [1.29, 1.82) is 0 Å². The molecule has 0 aliphatic carbocycles. The summed E-state index contributed by atoms with van der Waals surface area (Å²) in [7, 11) is -9.82. The molecule has 0 fully saturated rings. The number of esters is 3. The summed E-state index contributed by atoms with van der Waals surface area (Å²) in [6, 6.07) is 0. The molecule has 0 aliphatic rings. The van der Waals surface area contributed by atoms with Crippen molar-refractivity contribution >= 4 is 33.6 Å². The third-order valence-corrected chi connectivity index (χ3v) is 18.8. The van der Waals surface area contributed by atoms with Gasteiger partial charge in [-0.25, -0.2) is 9.13 Å². The summed E-state index contributed by atoms with van der Waals surface area (Å²) in [4.78, 5) is 58.8. The number of phosphoric acid groups is 2. The van der Waals surface area contributed by atoms with E-state index in [1.165, 1.54) is 64.2 Å². The first-order chi connectivity index (χ1) is 52.2. The average molecular weight is 1540 g/mol. The number of carbonyl (C=O) groups is 3. The van der Waals surface area contributed by atoms with E-state index in [2.05, 4.69) is 191 Å². The Morgan fingerprint density at radius 3 is 0.785 bits per heavy atom. The van der Waals surface area contributed by atoms with Crippen molar-refractivity contribution < 1.29 is 75.8 Å². The zero-order chi connectivity index (χ0) is 78.0. The molecule has 610 valence electrons. The van der Waals surface area contributed by atoms with Crippen molar-refractivity contribution in [2.45, 2.75) is 334 Å². The molecular weight excluding hydrogens is 1390 g/mol. The zero-order valence-electron chi connectivity index (χ0n) is 66.7. The second-order valence-corrected chi connectivity index (χ2v) is 30.1. The highest BCUT2D eigenvalue weighted by atomic mass is 31.2. The Labute approximate surface area is 650 Å². The largest absolute Gasteiger partial charge is 0.472 e. The number of hydrogen-bond acceptors (Lipinski definition) is 14. The lowest BCUT2D eigenvalue weighted by atomic mass is 10.0. The third-order valence-electron chi connectivity index (χ3n) is 16.9. The normalized spacial score (nSPS) is 14.8. The number of allylic oxidation sites excluding steroid dienone is 28. The molecule has 0 aromatic rings. The number of phosphoric ester groups is 2. The first-order valence-corrected chi connectivity index (χ1v) is 44.4. The monoisotopic (exact) mass is 1540 g/mol. The van der Waals surface area contributed by atoms with Gasteiger partial charge in [0.05, 0.1) is 26.4 Å². The van der Waals surface area contributed by atoms with E-state index in [4.69, 9.17) is 32.3 Å². The Balaban J connectivity index is 4.69. The molecule has 0 rings (SSSR count). The molecule has 0 aromatic carbocycles. The van der Waals surface area contributed by atoms with Crippen LogP contribution in [0.2, 0.25) is 0 Å². The van der Waals surface area contributed by atoms with Crippen LogP contribution in [0.1, 0.15) is 316 Å². The predicted molar refractivity (Wildman–Crippen MR) is 445 cm³/mol. The number of rotatable bonds is 77. The van der Waals surface area contributed by atoms with Gasteiger partial charge in [0.25, 0.3) is 0 Å². The molecule has 107 heavy (non-hydrogen) atoms. The second-order valence-electron chi connectivity index (χ2n) is 27.2. The van der Waals surface area contributed by atoms with E-state index < -0.39 is 91.5 Å². The van der Waals surface area contributed by atoms with Gasteiger partial charge in [-0.2, -0.15) is 0 Å². The Morgan fingerprint density at radius 1 is 0.271 bits per heavy atom. The van der Waals surface area contributed by atoms with E-state index >= 15 is 0 Å². The summed E-state index contributed by atoms with van der Waals surface area (Å²) in [6.45, 7) is 2.40. The van der Waals surface area contributed by atoms with Crippen molar-refractivity contribution in [3.63, 3.8) is 0 Å². The SMILES string of the molecule is CC/C=C\C/C=C\C/C=C\C/C=C\C/C=C\CCCCCCCCCCCCCC(=O)OCC(O)COP(=O)(O)OCC(O)COP(=O)(O)OCC(COC(=O)CCCCCCCCC/C=C\C/C=C\C/C=C\C/C=C\C/C=C\CC)OC(=O)CCCCCCC/C=C\C/C=C\C/C=C\C/C=C\CCCCC. The molecule has 5 atom stereocenters. The van der Waals surface area contributed by atoms with Crippen LogP contribution in [0.5, 0.6) is 0 Å². The third kappa shape index (κ3) is 81.7. The maximum atomic E-state index is 13.0. The first-order valence-electron chi connectivity index (χ1n) is 41.4. The minimum absolute atomic E-state index is 0.0752. The smallest absolute Gasteiger partial charge is 0.463 e. The van der Waals surface area contributed by atoms with Crippen LogP contribution < -0.4 is 0 Å². The van der Waals surface area contributed by atoms with Gasteiger partial charge < -0.3 is 34.2 Å². The quantitative estimate of drug-likeness (QED) is 0.0146. The molecule has 0 saturated heterocycles. The van der Waals surface area contributed by atoms with Crippen molar-refractivity contribution in [1.82, 2.24) is 0 Å². The standard InChI is InChI=1S/C89H148O16P2/c1-4-7-10-13-16-19-22-25-28-31-34-37-39-40-41-42-44-47-48-51-54-57-60-63-66-69-72-75-87(92)99-78-84(90)79-101-106(95,96)102-80-85(91)81-103-107(97,98)104-83-86(105-89(94)77-74-71-68-65-62-59-56-53-50-45-36-33-30-27-24-21-18-15-12-9-6-3)82-100-88(93)76-73-70-67-64-61-58-55-52-49-46-43-38-35-32-29-26-23-20-17-14-11-8-5-2/h7-8,10-11,16-21,25-30,34-38,40-41,45-46,49,53,56,84-86,90-91H,4-6,9,12-15,22-24,31-33,39,42-44,47-48,50-52,54-55,57-83H2,1-3H3,(H,95,96)(H,97,98)/b10-7-,11-8-,19-16-,20-17-,21-18-,28-25-,29-26-,30-27-,37-34-,38-35-,41-40-,45-36-,49-46-,56-53-. The molecule has 4 N–H and O–H groups in total. The molecule has 5 unspecified atom stereocenters. The van der Waals surface area contributed by atoms with Crippen LogP contribution in [0.15, 0.2) is 170 Å². The first kappa shape index (κ1) is 102. The van der Waals surface area contributed by atoms with E-state index in [0.717, 1.165) is 193 Å². The van der Waals surface area contributed by atoms with Crippen LogP contribution in [-0.4, -0.2) is 95.9 Å². The summed E-state index contributed by atoms with van der Waals surface area (Å²) < 4.78 is 61.3. The van der Waals surface area contributed by atoms with E-state index in [1.807, 2.05) is 0 Å². The molecule has 0 spiro atoms. The Hall–Kier alpha value is -5.09. The van der Waals surface area contributed by atoms with Crippen molar-refractivity contribution in [3.8, 4) is 0 Å². The highest BCUT2D eigenvalue weighted by Gasteiger charge is 2.29. The topological polar surface area (TPSA) is 231 Å². The minimum Gasteiger partial charge on any atom is -0.463 e. The highest BCUT2D eigenvalue weighted by Crippen LogP contribution is 2.45. The lowest BCUT2D eigenvalue weighted by molar-refractivity contribution is -0.161. The van der Waals surface area contributed by atoms with Crippen molar-refractivity contribution in [2.24, 2.45) is 0 Å². The highest BCUT2D eigenvalue weighted by molar-refractivity contribution is 7.47. The zero-order valence-corrected chi connectivity index (χ0v) is 68.5. The fraction of sp³-hybridized carbons (Fsp3) is 0.652. The van der Waals surface area contributed by atoms with Gasteiger partial charge in [0.2, 0.25) is 0 Å². The van der Waals surface area contributed by atoms with Gasteiger partial charge in [0.15, 0.2) is 6.10 Å². The number of ether oxygens (including phenoxy) is 3. The number of hydrogen-bond donors (Lipinski definition) is 4. The molecule has 0 aromatic heterocycles. The molecule has 0 bridgehead atoms. The summed E-state index contributed by atoms with van der Waals surface area (Å²) >= 11 is 0. The van der Waals surface area contributed by atoms with E-state index in [1.54, 1.807) is 0 Å². The van der Waals surface area contributed by atoms with Gasteiger partial charge in [-0.05, 0) is 154 Å². The predicted octanol–water partition coefficient (Wildman–Crippen LogP) is 24.8. The minimum atomic E-state index is -4.95. The molecular formula is C89H148O16P2. The van der Waals surface area contributed by atoms with Gasteiger partial charge in [-0.3, -0.25) is 32.5 Å². The molecule has 0 amide bonds. The lowest BCUT2D eigenvalue weighted by Crippen LogP contribution is -2.30. The number of carbonyl (C=O) groups excluding carboxylic acids is 3. The molecule has 0 radical (unpaired) electrons. The summed E-state index contributed by atoms with van der Waals surface area (Å²) in [5.41, 5.74) is 0. The molecule has 16 nitrogen and oxygen atoms in total. The Morgan fingerprint density at radius 2 is 0.495 bits per heavy atom. The maximum Gasteiger partial charge on any atom is 0.472 e. The Kier molecular flexibility index (Phi) is 76.6. The number of aliphatic hydroxyl groups excluding tert-OH is 2. The molecule has 0 saturated carbocycles. The molecule has 0 heterocycles.